The number of rotatable bonds is 3. The van der Waals surface area contributed by atoms with Crippen LogP contribution < -0.4 is 5.73 Å². The van der Waals surface area contributed by atoms with Crippen LogP contribution in [0.2, 0.25) is 0 Å². The predicted molar refractivity (Wildman–Crippen MR) is 63.7 cm³/mol. The summed E-state index contributed by atoms with van der Waals surface area (Å²) in [5, 5.41) is 9.39. The molecule has 0 spiro atoms. The van der Waals surface area contributed by atoms with Gasteiger partial charge < -0.3 is 10.8 Å². The highest BCUT2D eigenvalue weighted by atomic mass is 16.3. The summed E-state index contributed by atoms with van der Waals surface area (Å²) in [7, 11) is 0. The highest BCUT2D eigenvalue weighted by Crippen LogP contribution is 2.24. The van der Waals surface area contributed by atoms with Crippen molar-refractivity contribution >= 4 is 0 Å². The van der Waals surface area contributed by atoms with Crippen molar-refractivity contribution in [1.82, 2.24) is 0 Å². The van der Waals surface area contributed by atoms with Gasteiger partial charge in [0.15, 0.2) is 0 Å². The second kappa shape index (κ2) is 4.80. The van der Waals surface area contributed by atoms with Crippen molar-refractivity contribution in [1.29, 1.82) is 0 Å². The smallest absolute Gasteiger partial charge is 0.118 e. The fourth-order valence-corrected chi connectivity index (χ4v) is 1.40. The van der Waals surface area contributed by atoms with Crippen molar-refractivity contribution in [2.75, 3.05) is 0 Å². The maximum absolute atomic E-state index is 9.39. The molecular formula is C13H17NO. The van der Waals surface area contributed by atoms with E-state index in [1.54, 1.807) is 6.07 Å². The molecule has 15 heavy (non-hydrogen) atoms. The van der Waals surface area contributed by atoms with E-state index in [0.717, 1.165) is 16.7 Å². The molecule has 0 bridgehead atoms. The Morgan fingerprint density at radius 3 is 2.73 bits per heavy atom. The second-order valence-corrected chi connectivity index (χ2v) is 3.60. The Balaban J connectivity index is 2.96. The first-order chi connectivity index (χ1) is 7.06. The third-order valence-electron chi connectivity index (χ3n) is 2.36. The number of phenolic OH excluding ortho intramolecular Hbond substituents is 1. The van der Waals surface area contributed by atoms with E-state index in [1.165, 1.54) is 0 Å². The van der Waals surface area contributed by atoms with E-state index in [-0.39, 0.29) is 6.04 Å². The average molecular weight is 203 g/mol. The lowest BCUT2D eigenvalue weighted by molar-refractivity contribution is 0.470. The molecule has 80 valence electrons. The van der Waals surface area contributed by atoms with Gasteiger partial charge in [-0.2, -0.15) is 0 Å². The van der Waals surface area contributed by atoms with Crippen LogP contribution >= 0.6 is 0 Å². The molecule has 0 radical (unpaired) electrons. The van der Waals surface area contributed by atoms with Crippen LogP contribution in [-0.2, 0) is 0 Å². The number of hydrogen-bond donors (Lipinski definition) is 2. The van der Waals surface area contributed by atoms with Crippen LogP contribution in [0.25, 0.3) is 0 Å². The topological polar surface area (TPSA) is 46.2 Å². The van der Waals surface area contributed by atoms with E-state index in [4.69, 9.17) is 5.73 Å². The molecule has 0 aliphatic rings. The summed E-state index contributed by atoms with van der Waals surface area (Å²) in [5.41, 5.74) is 8.67. The van der Waals surface area contributed by atoms with E-state index < -0.39 is 0 Å². The lowest BCUT2D eigenvalue weighted by Gasteiger charge is -2.13. The van der Waals surface area contributed by atoms with E-state index in [2.05, 4.69) is 6.58 Å². The SMILES string of the molecule is C=C(C=CC)C(N)c1ccc(O)c(C)c1. The molecule has 3 N–H and O–H groups in total. The van der Waals surface area contributed by atoms with Gasteiger partial charge in [0, 0.05) is 0 Å². The van der Waals surface area contributed by atoms with Crippen LogP contribution in [0.15, 0.2) is 42.5 Å². The molecule has 0 aliphatic heterocycles. The zero-order chi connectivity index (χ0) is 11.4. The number of aromatic hydroxyl groups is 1. The first-order valence-electron chi connectivity index (χ1n) is 4.93. The summed E-state index contributed by atoms with van der Waals surface area (Å²) in [6.07, 6.45) is 3.81. The highest BCUT2D eigenvalue weighted by Gasteiger charge is 2.08. The van der Waals surface area contributed by atoms with Gasteiger partial charge in [-0.3, -0.25) is 0 Å². The fourth-order valence-electron chi connectivity index (χ4n) is 1.40. The minimum Gasteiger partial charge on any atom is -0.508 e. The van der Waals surface area contributed by atoms with Gasteiger partial charge in [-0.05, 0) is 36.6 Å². The quantitative estimate of drug-likeness (QED) is 0.742. The Hall–Kier alpha value is -1.54. The molecule has 2 nitrogen and oxygen atoms in total. The highest BCUT2D eigenvalue weighted by molar-refractivity contribution is 5.40. The molecule has 0 aliphatic carbocycles. The Bertz CT molecular complexity index is 394. The molecule has 1 atom stereocenters. The molecule has 2 heteroatoms. The average Bonchev–Trinajstić information content (AvgIpc) is 2.21. The summed E-state index contributed by atoms with van der Waals surface area (Å²) in [4.78, 5) is 0. The van der Waals surface area contributed by atoms with Crippen molar-refractivity contribution < 1.29 is 5.11 Å². The minimum absolute atomic E-state index is 0.208. The van der Waals surface area contributed by atoms with E-state index >= 15 is 0 Å². The van der Waals surface area contributed by atoms with Crippen LogP contribution in [0.4, 0.5) is 0 Å². The Morgan fingerprint density at radius 2 is 2.20 bits per heavy atom. The first-order valence-corrected chi connectivity index (χ1v) is 4.93. The third kappa shape index (κ3) is 2.70. The number of phenols is 1. The van der Waals surface area contributed by atoms with Crippen LogP contribution in [-0.4, -0.2) is 5.11 Å². The molecule has 0 saturated carbocycles. The lowest BCUT2D eigenvalue weighted by Crippen LogP contribution is -2.11. The van der Waals surface area contributed by atoms with Crippen molar-refractivity contribution in [2.24, 2.45) is 5.73 Å². The summed E-state index contributed by atoms with van der Waals surface area (Å²) >= 11 is 0. The minimum atomic E-state index is -0.208. The summed E-state index contributed by atoms with van der Waals surface area (Å²) in [5.74, 6) is 0.294. The summed E-state index contributed by atoms with van der Waals surface area (Å²) in [6, 6.07) is 5.16. The van der Waals surface area contributed by atoms with Gasteiger partial charge in [-0.15, -0.1) is 0 Å². The van der Waals surface area contributed by atoms with Gasteiger partial charge in [0.25, 0.3) is 0 Å². The Kier molecular flexibility index (Phi) is 3.69. The maximum Gasteiger partial charge on any atom is 0.118 e. The largest absolute Gasteiger partial charge is 0.508 e. The monoisotopic (exact) mass is 203 g/mol. The molecule has 1 unspecified atom stereocenters. The molecule has 0 saturated heterocycles. The molecule has 1 aromatic carbocycles. The molecular weight excluding hydrogens is 186 g/mol. The van der Waals surface area contributed by atoms with Crippen molar-refractivity contribution in [3.8, 4) is 5.75 Å². The first kappa shape index (κ1) is 11.5. The number of allylic oxidation sites excluding steroid dienone is 1. The van der Waals surface area contributed by atoms with E-state index in [9.17, 15) is 5.11 Å². The molecule has 1 rings (SSSR count). The zero-order valence-corrected chi connectivity index (χ0v) is 9.20. The van der Waals surface area contributed by atoms with Gasteiger partial charge in [-0.25, -0.2) is 0 Å². The molecule has 1 aromatic rings. The van der Waals surface area contributed by atoms with Gasteiger partial charge in [0.05, 0.1) is 6.04 Å². The van der Waals surface area contributed by atoms with Crippen molar-refractivity contribution in [3.63, 3.8) is 0 Å². The lowest BCUT2D eigenvalue weighted by atomic mass is 9.98. The Morgan fingerprint density at radius 1 is 1.53 bits per heavy atom. The predicted octanol–water partition coefficient (Wildman–Crippen LogP) is 2.83. The Labute approximate surface area is 90.7 Å². The van der Waals surface area contributed by atoms with Crippen molar-refractivity contribution in [3.05, 3.63) is 53.6 Å². The number of benzene rings is 1. The van der Waals surface area contributed by atoms with E-state index in [0.29, 0.717) is 5.75 Å². The van der Waals surface area contributed by atoms with Crippen LogP contribution in [0.3, 0.4) is 0 Å². The second-order valence-electron chi connectivity index (χ2n) is 3.60. The maximum atomic E-state index is 9.39. The van der Waals surface area contributed by atoms with E-state index in [1.807, 2.05) is 38.1 Å². The third-order valence-corrected chi connectivity index (χ3v) is 2.36. The molecule has 0 fully saturated rings. The standard InChI is InChI=1S/C13H17NO/c1-4-5-9(2)13(14)11-6-7-12(15)10(3)8-11/h4-8,13,15H,2,14H2,1,3H3. The van der Waals surface area contributed by atoms with Crippen LogP contribution in [0.1, 0.15) is 24.1 Å². The van der Waals surface area contributed by atoms with Gasteiger partial charge in [0.1, 0.15) is 5.75 Å². The molecule has 0 amide bonds. The van der Waals surface area contributed by atoms with Crippen LogP contribution in [0.5, 0.6) is 5.75 Å². The summed E-state index contributed by atoms with van der Waals surface area (Å²) < 4.78 is 0. The van der Waals surface area contributed by atoms with Gasteiger partial charge in [0.2, 0.25) is 0 Å². The summed E-state index contributed by atoms with van der Waals surface area (Å²) in [6.45, 7) is 7.68. The number of nitrogens with two attached hydrogens (primary N) is 1. The fraction of sp³-hybridized carbons (Fsp3) is 0.231. The number of aryl methyl sites for hydroxylation is 1. The van der Waals surface area contributed by atoms with Gasteiger partial charge in [-0.1, -0.05) is 30.9 Å². The zero-order valence-electron chi connectivity index (χ0n) is 9.20. The normalized spacial score (nSPS) is 13.0. The van der Waals surface area contributed by atoms with Crippen LogP contribution in [0, 0.1) is 6.92 Å². The molecule has 0 heterocycles. The van der Waals surface area contributed by atoms with Gasteiger partial charge >= 0.3 is 0 Å². The number of hydrogen-bond acceptors (Lipinski definition) is 2. The van der Waals surface area contributed by atoms with Crippen molar-refractivity contribution in [2.45, 2.75) is 19.9 Å². The molecule has 0 aromatic heterocycles.